The first-order valence-corrected chi connectivity index (χ1v) is 7.00. The van der Waals surface area contributed by atoms with Crippen LogP contribution >= 0.6 is 0 Å². The number of aryl methyl sites for hydroxylation is 1. The predicted molar refractivity (Wildman–Crippen MR) is 78.2 cm³/mol. The molecule has 0 aliphatic rings. The molecule has 1 rings (SSSR count). The third kappa shape index (κ3) is 4.02. The number of nitrogens with one attached hydrogen (secondary N) is 1. The Bertz CT molecular complexity index is 358. The molecule has 0 fully saturated rings. The zero-order valence-electron chi connectivity index (χ0n) is 12.4. The van der Waals surface area contributed by atoms with Gasteiger partial charge in [-0.05, 0) is 32.4 Å². The summed E-state index contributed by atoms with van der Waals surface area (Å²) in [7, 11) is 1.74. The van der Waals surface area contributed by atoms with E-state index in [1.807, 2.05) is 0 Å². The van der Waals surface area contributed by atoms with Crippen LogP contribution in [0.25, 0.3) is 0 Å². The van der Waals surface area contributed by atoms with Crippen molar-refractivity contribution in [1.82, 2.24) is 5.32 Å². The molecule has 1 unspecified atom stereocenters. The van der Waals surface area contributed by atoms with Gasteiger partial charge in [0, 0.05) is 11.6 Å². The first-order chi connectivity index (χ1) is 8.62. The summed E-state index contributed by atoms with van der Waals surface area (Å²) in [5.41, 5.74) is 2.53. The molecular weight excluding hydrogens is 222 g/mol. The van der Waals surface area contributed by atoms with E-state index in [0.717, 1.165) is 18.2 Å². The molecule has 0 radical (unpaired) electrons. The van der Waals surface area contributed by atoms with Gasteiger partial charge in [0.05, 0.1) is 7.11 Å². The van der Waals surface area contributed by atoms with E-state index < -0.39 is 0 Å². The van der Waals surface area contributed by atoms with Gasteiger partial charge in [-0.25, -0.2) is 0 Å². The van der Waals surface area contributed by atoms with Crippen molar-refractivity contribution in [2.45, 2.75) is 46.6 Å². The molecule has 102 valence electrons. The van der Waals surface area contributed by atoms with Gasteiger partial charge in [0.25, 0.3) is 0 Å². The molecule has 0 heterocycles. The molecule has 18 heavy (non-hydrogen) atoms. The molecule has 0 spiro atoms. The van der Waals surface area contributed by atoms with E-state index in [-0.39, 0.29) is 0 Å². The second-order valence-electron chi connectivity index (χ2n) is 5.06. The minimum Gasteiger partial charge on any atom is -0.496 e. The Hall–Kier alpha value is -1.02. The summed E-state index contributed by atoms with van der Waals surface area (Å²) in [4.78, 5) is 0. The number of hydrogen-bond acceptors (Lipinski definition) is 2. The summed E-state index contributed by atoms with van der Waals surface area (Å²) in [5, 5.41) is 3.62. The molecule has 0 aliphatic heterocycles. The third-order valence-corrected chi connectivity index (χ3v) is 3.72. The summed E-state index contributed by atoms with van der Waals surface area (Å²) in [6.45, 7) is 9.92. The van der Waals surface area contributed by atoms with Gasteiger partial charge >= 0.3 is 0 Å². The van der Waals surface area contributed by atoms with E-state index >= 15 is 0 Å². The molecule has 1 aromatic carbocycles. The average Bonchev–Trinajstić information content (AvgIpc) is 2.39. The summed E-state index contributed by atoms with van der Waals surface area (Å²) in [6, 6.07) is 6.69. The maximum Gasteiger partial charge on any atom is 0.123 e. The Morgan fingerprint density at radius 3 is 2.44 bits per heavy atom. The number of benzene rings is 1. The molecule has 2 nitrogen and oxygen atoms in total. The van der Waals surface area contributed by atoms with E-state index in [2.05, 4.69) is 51.2 Å². The van der Waals surface area contributed by atoms with Crippen LogP contribution in [-0.2, 0) is 0 Å². The molecule has 2 heteroatoms. The quantitative estimate of drug-likeness (QED) is 0.786. The molecule has 1 N–H and O–H groups in total. The smallest absolute Gasteiger partial charge is 0.123 e. The van der Waals surface area contributed by atoms with E-state index in [1.54, 1.807) is 7.11 Å². The number of rotatable bonds is 7. The van der Waals surface area contributed by atoms with Gasteiger partial charge in [-0.2, -0.15) is 0 Å². The number of methoxy groups -OCH3 is 1. The summed E-state index contributed by atoms with van der Waals surface area (Å²) >= 11 is 0. The third-order valence-electron chi connectivity index (χ3n) is 3.72. The lowest BCUT2D eigenvalue weighted by Crippen LogP contribution is -2.25. The van der Waals surface area contributed by atoms with Crippen LogP contribution in [0.5, 0.6) is 5.75 Å². The van der Waals surface area contributed by atoms with E-state index in [4.69, 9.17) is 4.74 Å². The van der Waals surface area contributed by atoms with E-state index in [1.165, 1.54) is 24.0 Å². The fraction of sp³-hybridized carbons (Fsp3) is 0.625. The first-order valence-electron chi connectivity index (χ1n) is 7.00. The normalized spacial score (nSPS) is 12.8. The van der Waals surface area contributed by atoms with Gasteiger partial charge in [-0.1, -0.05) is 44.4 Å². The highest BCUT2D eigenvalue weighted by molar-refractivity contribution is 5.38. The van der Waals surface area contributed by atoms with E-state index in [0.29, 0.717) is 6.04 Å². The van der Waals surface area contributed by atoms with Gasteiger partial charge in [0.1, 0.15) is 5.75 Å². The monoisotopic (exact) mass is 249 g/mol. The maximum atomic E-state index is 5.44. The van der Waals surface area contributed by atoms with Crippen LogP contribution in [0.15, 0.2) is 18.2 Å². The van der Waals surface area contributed by atoms with Crippen LogP contribution < -0.4 is 10.1 Å². The molecule has 0 aromatic heterocycles. The van der Waals surface area contributed by atoms with Crippen LogP contribution in [0, 0.1) is 12.8 Å². The van der Waals surface area contributed by atoms with Crippen molar-refractivity contribution < 1.29 is 4.74 Å². The van der Waals surface area contributed by atoms with Crippen molar-refractivity contribution in [3.63, 3.8) is 0 Å². The zero-order valence-corrected chi connectivity index (χ0v) is 12.4. The van der Waals surface area contributed by atoms with Gasteiger partial charge in [-0.3, -0.25) is 0 Å². The lowest BCUT2D eigenvalue weighted by molar-refractivity contribution is 0.389. The van der Waals surface area contributed by atoms with Crippen LogP contribution in [0.3, 0.4) is 0 Å². The Balaban J connectivity index is 2.71. The minimum atomic E-state index is 0.334. The van der Waals surface area contributed by atoms with Crippen molar-refractivity contribution in [1.29, 1.82) is 0 Å². The lowest BCUT2D eigenvalue weighted by atomic mass is 10.0. The van der Waals surface area contributed by atoms with Gasteiger partial charge in [0.2, 0.25) is 0 Å². The molecule has 1 aromatic rings. The fourth-order valence-corrected chi connectivity index (χ4v) is 2.22. The number of ether oxygens (including phenoxy) is 1. The molecule has 0 aliphatic carbocycles. The largest absolute Gasteiger partial charge is 0.496 e. The van der Waals surface area contributed by atoms with Crippen molar-refractivity contribution >= 4 is 0 Å². The number of hydrogen-bond donors (Lipinski definition) is 1. The average molecular weight is 249 g/mol. The molecule has 0 amide bonds. The highest BCUT2D eigenvalue weighted by Crippen LogP contribution is 2.26. The highest BCUT2D eigenvalue weighted by Gasteiger charge is 2.12. The van der Waals surface area contributed by atoms with Crippen LogP contribution in [0.4, 0.5) is 0 Å². The summed E-state index contributed by atoms with van der Waals surface area (Å²) in [6.07, 6.45) is 2.47. The topological polar surface area (TPSA) is 21.3 Å². The second kappa shape index (κ2) is 7.42. The lowest BCUT2D eigenvalue weighted by Gasteiger charge is -2.21. The first kappa shape index (κ1) is 15.0. The van der Waals surface area contributed by atoms with Crippen molar-refractivity contribution in [3.05, 3.63) is 29.3 Å². The Morgan fingerprint density at radius 2 is 1.89 bits per heavy atom. The highest BCUT2D eigenvalue weighted by atomic mass is 16.5. The standard InChI is InChI=1S/C16H27NO/c1-6-14(7-2)11-17-13(4)15-10-12(3)8-9-16(15)18-5/h8-10,13-14,17H,6-7,11H2,1-5H3. The van der Waals surface area contributed by atoms with Crippen LogP contribution in [-0.4, -0.2) is 13.7 Å². The molecule has 0 saturated heterocycles. The summed E-state index contributed by atoms with van der Waals surface area (Å²) < 4.78 is 5.44. The van der Waals surface area contributed by atoms with Crippen molar-refractivity contribution in [3.8, 4) is 5.75 Å². The fourth-order valence-electron chi connectivity index (χ4n) is 2.22. The molecule has 1 atom stereocenters. The van der Waals surface area contributed by atoms with Gasteiger partial charge in [-0.15, -0.1) is 0 Å². The Morgan fingerprint density at radius 1 is 1.22 bits per heavy atom. The SMILES string of the molecule is CCC(CC)CNC(C)c1cc(C)ccc1OC. The second-order valence-corrected chi connectivity index (χ2v) is 5.06. The van der Waals surface area contributed by atoms with Crippen molar-refractivity contribution in [2.75, 3.05) is 13.7 Å². The maximum absolute atomic E-state index is 5.44. The van der Waals surface area contributed by atoms with Gasteiger partial charge in [0.15, 0.2) is 0 Å². The van der Waals surface area contributed by atoms with Crippen LogP contribution in [0.1, 0.15) is 50.8 Å². The van der Waals surface area contributed by atoms with E-state index in [9.17, 15) is 0 Å². The predicted octanol–water partition coefficient (Wildman–Crippen LogP) is 4.09. The van der Waals surface area contributed by atoms with Gasteiger partial charge < -0.3 is 10.1 Å². The zero-order chi connectivity index (χ0) is 13.5. The Kier molecular flexibility index (Phi) is 6.20. The minimum absolute atomic E-state index is 0.334. The molecular formula is C16H27NO. The summed E-state index contributed by atoms with van der Waals surface area (Å²) in [5.74, 6) is 1.74. The van der Waals surface area contributed by atoms with Crippen molar-refractivity contribution in [2.24, 2.45) is 5.92 Å². The molecule has 0 saturated carbocycles. The molecule has 0 bridgehead atoms. The Labute approximate surface area is 112 Å². The van der Waals surface area contributed by atoms with Crippen LogP contribution in [0.2, 0.25) is 0 Å².